The van der Waals surface area contributed by atoms with Crippen molar-refractivity contribution in [3.05, 3.63) is 54.6 Å². The van der Waals surface area contributed by atoms with Gasteiger partial charge in [-0.1, -0.05) is 12.1 Å². The van der Waals surface area contributed by atoms with Crippen LogP contribution < -0.4 is 4.74 Å². The summed E-state index contributed by atoms with van der Waals surface area (Å²) in [5.74, 6) is 1.98. The number of piperidine rings is 1. The molecular weight excluding hydrogens is 404 g/mol. The van der Waals surface area contributed by atoms with Crippen LogP contribution >= 0.6 is 0 Å². The number of hydrogen-bond donors (Lipinski definition) is 1. The number of carbonyl (C=O) groups excluding carboxylic acids is 1. The molecule has 2 aromatic heterocycles. The number of hydrogen-bond acceptors (Lipinski definition) is 5. The molecule has 0 aliphatic carbocycles. The smallest absolute Gasteiger partial charge is 0.410 e. The number of rotatable bonds is 4. The van der Waals surface area contributed by atoms with Crippen LogP contribution in [0.5, 0.6) is 5.75 Å². The van der Waals surface area contributed by atoms with Gasteiger partial charge >= 0.3 is 6.09 Å². The second-order valence-electron chi connectivity index (χ2n) is 9.06. The normalized spacial score (nSPS) is 14.9. The Morgan fingerprint density at radius 2 is 1.81 bits per heavy atom. The van der Waals surface area contributed by atoms with E-state index in [2.05, 4.69) is 9.97 Å². The number of aromatic nitrogens is 3. The molecule has 1 aromatic carbocycles. The topological polar surface area (TPSA) is 80.3 Å². The first-order valence-corrected chi connectivity index (χ1v) is 11.0. The third-order valence-electron chi connectivity index (χ3n) is 5.57. The highest BCUT2D eigenvalue weighted by Crippen LogP contribution is 2.35. The molecule has 4 rings (SSSR count). The van der Waals surface area contributed by atoms with Gasteiger partial charge in [-0.2, -0.15) is 0 Å². The Bertz CT molecular complexity index is 1060. The summed E-state index contributed by atoms with van der Waals surface area (Å²) in [7, 11) is 1.66. The SMILES string of the molecule is COc1cccc(-c2nc(C3CCN(C(=O)OC(C)(C)C)CC3)[nH]c2-c2ccncc2)c1. The van der Waals surface area contributed by atoms with E-state index in [1.165, 1.54) is 0 Å². The highest BCUT2D eigenvalue weighted by atomic mass is 16.6. The first kappa shape index (κ1) is 21.9. The molecule has 1 fully saturated rings. The van der Waals surface area contributed by atoms with Crippen LogP contribution in [0.15, 0.2) is 48.8 Å². The maximum Gasteiger partial charge on any atom is 0.410 e. The molecule has 3 heterocycles. The monoisotopic (exact) mass is 434 g/mol. The van der Waals surface area contributed by atoms with Crippen molar-refractivity contribution in [1.29, 1.82) is 0 Å². The Balaban J connectivity index is 1.59. The van der Waals surface area contributed by atoms with E-state index in [0.29, 0.717) is 13.1 Å². The van der Waals surface area contributed by atoms with Crippen LogP contribution in [0.4, 0.5) is 4.79 Å². The average Bonchev–Trinajstić information content (AvgIpc) is 3.24. The number of ether oxygens (including phenoxy) is 2. The summed E-state index contributed by atoms with van der Waals surface area (Å²) in [5, 5.41) is 0. The number of nitrogens with zero attached hydrogens (tertiary/aromatic N) is 3. The fourth-order valence-electron chi connectivity index (χ4n) is 3.95. The second-order valence-corrected chi connectivity index (χ2v) is 9.06. The Kier molecular flexibility index (Phi) is 6.17. The average molecular weight is 435 g/mol. The van der Waals surface area contributed by atoms with Crippen LogP contribution in [0.25, 0.3) is 22.5 Å². The van der Waals surface area contributed by atoms with Gasteiger partial charge < -0.3 is 19.4 Å². The molecule has 0 bridgehead atoms. The number of likely N-dealkylation sites (tertiary alicyclic amines) is 1. The Labute approximate surface area is 188 Å². The number of nitrogens with one attached hydrogen (secondary N) is 1. The van der Waals surface area contributed by atoms with Gasteiger partial charge in [0.05, 0.1) is 18.5 Å². The van der Waals surface area contributed by atoms with E-state index < -0.39 is 5.60 Å². The number of amides is 1. The Morgan fingerprint density at radius 1 is 1.09 bits per heavy atom. The molecular formula is C25H30N4O3. The zero-order valence-electron chi connectivity index (χ0n) is 19.1. The Hall–Kier alpha value is -3.35. The molecule has 1 aliphatic rings. The number of imidazole rings is 1. The lowest BCUT2D eigenvalue weighted by atomic mass is 9.96. The van der Waals surface area contributed by atoms with E-state index in [1.807, 2.05) is 57.2 Å². The Morgan fingerprint density at radius 3 is 2.47 bits per heavy atom. The van der Waals surface area contributed by atoms with Gasteiger partial charge in [0.2, 0.25) is 0 Å². The summed E-state index contributed by atoms with van der Waals surface area (Å²) in [4.78, 5) is 26.9. The summed E-state index contributed by atoms with van der Waals surface area (Å²) in [6.07, 6.45) is 4.99. The van der Waals surface area contributed by atoms with Crippen LogP contribution in [-0.4, -0.2) is 51.7 Å². The quantitative estimate of drug-likeness (QED) is 0.606. The first-order chi connectivity index (χ1) is 15.3. The molecule has 32 heavy (non-hydrogen) atoms. The van der Waals surface area contributed by atoms with E-state index in [1.54, 1.807) is 24.4 Å². The molecule has 0 saturated carbocycles. The van der Waals surface area contributed by atoms with Crippen molar-refractivity contribution in [2.75, 3.05) is 20.2 Å². The van der Waals surface area contributed by atoms with Crippen molar-refractivity contribution in [2.45, 2.75) is 45.1 Å². The number of benzene rings is 1. The van der Waals surface area contributed by atoms with Crippen LogP contribution in [-0.2, 0) is 4.74 Å². The van der Waals surface area contributed by atoms with Crippen molar-refractivity contribution in [3.8, 4) is 28.3 Å². The molecule has 7 heteroatoms. The van der Waals surface area contributed by atoms with Crippen molar-refractivity contribution in [2.24, 2.45) is 0 Å². The van der Waals surface area contributed by atoms with Crippen LogP contribution in [0.3, 0.4) is 0 Å². The highest BCUT2D eigenvalue weighted by Gasteiger charge is 2.29. The third kappa shape index (κ3) is 4.93. The van der Waals surface area contributed by atoms with E-state index >= 15 is 0 Å². The molecule has 7 nitrogen and oxygen atoms in total. The largest absolute Gasteiger partial charge is 0.497 e. The van der Waals surface area contributed by atoms with Gasteiger partial charge in [-0.25, -0.2) is 9.78 Å². The van der Waals surface area contributed by atoms with Gasteiger partial charge in [0.1, 0.15) is 17.2 Å². The molecule has 0 unspecified atom stereocenters. The summed E-state index contributed by atoms with van der Waals surface area (Å²) in [6, 6.07) is 11.9. The van der Waals surface area contributed by atoms with E-state index in [9.17, 15) is 4.79 Å². The maximum absolute atomic E-state index is 12.4. The second kappa shape index (κ2) is 9.02. The number of aromatic amines is 1. The standard InChI is InChI=1S/C25H30N4O3/c1-25(2,3)32-24(30)29-14-10-18(11-15-29)23-27-21(17-8-12-26-13-9-17)22(28-23)19-6-5-7-20(16-19)31-4/h5-9,12-13,16,18H,10-11,14-15H2,1-4H3,(H,27,28). The van der Waals surface area contributed by atoms with Gasteiger partial charge in [0.15, 0.2) is 0 Å². The molecule has 0 atom stereocenters. The lowest BCUT2D eigenvalue weighted by Gasteiger charge is -2.32. The van der Waals surface area contributed by atoms with Crippen molar-refractivity contribution >= 4 is 6.09 Å². The summed E-state index contributed by atoms with van der Waals surface area (Å²) < 4.78 is 10.9. The minimum Gasteiger partial charge on any atom is -0.497 e. The number of methoxy groups -OCH3 is 1. The van der Waals surface area contributed by atoms with Gasteiger partial charge in [0.25, 0.3) is 0 Å². The lowest BCUT2D eigenvalue weighted by Crippen LogP contribution is -2.41. The summed E-state index contributed by atoms with van der Waals surface area (Å²) in [5.41, 5.74) is 3.39. The van der Waals surface area contributed by atoms with Crippen LogP contribution in [0.2, 0.25) is 0 Å². The van der Waals surface area contributed by atoms with E-state index in [4.69, 9.17) is 14.5 Å². The van der Waals surface area contributed by atoms with Gasteiger partial charge in [-0.15, -0.1) is 0 Å². The molecule has 1 amide bonds. The van der Waals surface area contributed by atoms with Gasteiger partial charge in [0, 0.05) is 42.5 Å². The summed E-state index contributed by atoms with van der Waals surface area (Å²) in [6.45, 7) is 6.97. The predicted octanol–water partition coefficient (Wildman–Crippen LogP) is 5.26. The zero-order chi connectivity index (χ0) is 22.7. The fourth-order valence-corrected chi connectivity index (χ4v) is 3.95. The van der Waals surface area contributed by atoms with Crippen LogP contribution in [0, 0.1) is 0 Å². The van der Waals surface area contributed by atoms with E-state index in [0.717, 1.165) is 46.9 Å². The number of pyridine rings is 1. The molecule has 0 radical (unpaired) electrons. The molecule has 1 N–H and O–H groups in total. The van der Waals surface area contributed by atoms with Gasteiger partial charge in [-0.3, -0.25) is 4.98 Å². The first-order valence-electron chi connectivity index (χ1n) is 11.0. The minimum atomic E-state index is -0.486. The van der Waals surface area contributed by atoms with Crippen LogP contribution in [0.1, 0.15) is 45.4 Å². The third-order valence-corrected chi connectivity index (χ3v) is 5.57. The van der Waals surface area contributed by atoms with Crippen molar-refractivity contribution in [1.82, 2.24) is 19.9 Å². The molecule has 3 aromatic rings. The number of carbonyl (C=O) groups is 1. The van der Waals surface area contributed by atoms with Crippen molar-refractivity contribution in [3.63, 3.8) is 0 Å². The predicted molar refractivity (Wildman–Crippen MR) is 124 cm³/mol. The number of H-pyrrole nitrogens is 1. The fraction of sp³-hybridized carbons (Fsp3) is 0.400. The molecule has 168 valence electrons. The molecule has 0 spiro atoms. The highest BCUT2D eigenvalue weighted by molar-refractivity contribution is 5.79. The van der Waals surface area contributed by atoms with E-state index in [-0.39, 0.29) is 12.0 Å². The minimum absolute atomic E-state index is 0.244. The molecule has 1 saturated heterocycles. The lowest BCUT2D eigenvalue weighted by molar-refractivity contribution is 0.0203. The maximum atomic E-state index is 12.4. The van der Waals surface area contributed by atoms with Gasteiger partial charge in [-0.05, 0) is 57.9 Å². The zero-order valence-corrected chi connectivity index (χ0v) is 19.1. The van der Waals surface area contributed by atoms with Crippen molar-refractivity contribution < 1.29 is 14.3 Å². The molecule has 1 aliphatic heterocycles. The summed E-state index contributed by atoms with van der Waals surface area (Å²) >= 11 is 0.